The maximum atomic E-state index is 10.4. The molecule has 0 bridgehead atoms. The minimum absolute atomic E-state index is 0.0423. The first kappa shape index (κ1) is 13.9. The van der Waals surface area contributed by atoms with Crippen LogP contribution in [0, 0.1) is 0 Å². The van der Waals surface area contributed by atoms with Crippen molar-refractivity contribution in [2.45, 2.75) is 31.4 Å². The van der Waals surface area contributed by atoms with Gasteiger partial charge >= 0.3 is 0 Å². The standard InChI is InChI=1S/C13H17Cl2NO2/c1-18-12-7-9(14)8(6-10(12)15)13(17)11-4-2-3-5-16-11/h6-7,11,13,16-17H,2-5H2,1H3. The van der Waals surface area contributed by atoms with E-state index in [0.717, 1.165) is 25.8 Å². The number of hydrogen-bond donors (Lipinski definition) is 2. The molecule has 0 amide bonds. The van der Waals surface area contributed by atoms with Crippen LogP contribution in [0.5, 0.6) is 5.75 Å². The van der Waals surface area contributed by atoms with Gasteiger partial charge < -0.3 is 15.2 Å². The van der Waals surface area contributed by atoms with Crippen LogP contribution in [0.4, 0.5) is 0 Å². The zero-order chi connectivity index (χ0) is 13.1. The van der Waals surface area contributed by atoms with E-state index in [1.54, 1.807) is 12.1 Å². The maximum Gasteiger partial charge on any atom is 0.138 e. The zero-order valence-corrected chi connectivity index (χ0v) is 11.8. The number of aliphatic hydroxyl groups is 1. The van der Waals surface area contributed by atoms with Crippen molar-refractivity contribution in [2.24, 2.45) is 0 Å². The summed E-state index contributed by atoms with van der Waals surface area (Å²) < 4.78 is 5.09. The summed E-state index contributed by atoms with van der Waals surface area (Å²) in [6.45, 7) is 0.934. The Kier molecular flexibility index (Phi) is 4.73. The van der Waals surface area contributed by atoms with Crippen molar-refractivity contribution in [1.29, 1.82) is 0 Å². The number of rotatable bonds is 3. The van der Waals surface area contributed by atoms with Crippen molar-refractivity contribution in [3.05, 3.63) is 27.7 Å². The predicted octanol–water partition coefficient (Wildman–Crippen LogP) is 3.18. The first-order chi connectivity index (χ1) is 8.63. The molecule has 1 aromatic carbocycles. The van der Waals surface area contributed by atoms with Crippen LogP contribution in [0.15, 0.2) is 12.1 Å². The van der Waals surface area contributed by atoms with Gasteiger partial charge in [-0.2, -0.15) is 0 Å². The van der Waals surface area contributed by atoms with E-state index in [1.807, 2.05) is 0 Å². The molecular weight excluding hydrogens is 273 g/mol. The molecule has 2 atom stereocenters. The van der Waals surface area contributed by atoms with Gasteiger partial charge in [0.1, 0.15) is 5.75 Å². The summed E-state index contributed by atoms with van der Waals surface area (Å²) >= 11 is 12.2. The Labute approximate surface area is 117 Å². The van der Waals surface area contributed by atoms with E-state index in [4.69, 9.17) is 27.9 Å². The summed E-state index contributed by atoms with van der Waals surface area (Å²) in [5.41, 5.74) is 0.655. The van der Waals surface area contributed by atoms with Crippen molar-refractivity contribution < 1.29 is 9.84 Å². The number of halogens is 2. The van der Waals surface area contributed by atoms with E-state index in [-0.39, 0.29) is 6.04 Å². The van der Waals surface area contributed by atoms with Crippen molar-refractivity contribution in [2.75, 3.05) is 13.7 Å². The molecule has 2 N–H and O–H groups in total. The van der Waals surface area contributed by atoms with E-state index < -0.39 is 6.10 Å². The van der Waals surface area contributed by atoms with Crippen molar-refractivity contribution >= 4 is 23.2 Å². The molecular formula is C13H17Cl2NO2. The molecule has 1 fully saturated rings. The molecule has 0 aromatic heterocycles. The summed E-state index contributed by atoms with van der Waals surface area (Å²) in [5, 5.41) is 14.6. The highest BCUT2D eigenvalue weighted by atomic mass is 35.5. The smallest absolute Gasteiger partial charge is 0.138 e. The van der Waals surface area contributed by atoms with E-state index in [2.05, 4.69) is 5.32 Å². The van der Waals surface area contributed by atoms with E-state index in [1.165, 1.54) is 7.11 Å². The lowest BCUT2D eigenvalue weighted by Gasteiger charge is -2.29. The van der Waals surface area contributed by atoms with Crippen LogP contribution in [0.25, 0.3) is 0 Å². The van der Waals surface area contributed by atoms with Gasteiger partial charge in [-0.15, -0.1) is 0 Å². The molecule has 2 unspecified atom stereocenters. The molecule has 18 heavy (non-hydrogen) atoms. The Morgan fingerprint density at radius 2 is 2.11 bits per heavy atom. The Bertz CT molecular complexity index is 420. The topological polar surface area (TPSA) is 41.5 Å². The third-order valence-electron chi connectivity index (χ3n) is 3.32. The van der Waals surface area contributed by atoms with Gasteiger partial charge in [0.2, 0.25) is 0 Å². The molecule has 2 rings (SSSR count). The highest BCUT2D eigenvalue weighted by molar-refractivity contribution is 6.34. The van der Waals surface area contributed by atoms with Crippen LogP contribution in [0.1, 0.15) is 30.9 Å². The lowest BCUT2D eigenvalue weighted by atomic mass is 9.95. The maximum absolute atomic E-state index is 10.4. The van der Waals surface area contributed by atoms with Crippen LogP contribution in [0.2, 0.25) is 10.0 Å². The van der Waals surface area contributed by atoms with E-state index in [0.29, 0.717) is 21.4 Å². The summed E-state index contributed by atoms with van der Waals surface area (Å²) in [5.74, 6) is 0.522. The van der Waals surface area contributed by atoms with Crippen molar-refractivity contribution in [1.82, 2.24) is 5.32 Å². The second kappa shape index (κ2) is 6.11. The Morgan fingerprint density at radius 3 is 2.72 bits per heavy atom. The lowest BCUT2D eigenvalue weighted by Crippen LogP contribution is -2.38. The molecule has 5 heteroatoms. The van der Waals surface area contributed by atoms with Gasteiger partial charge in [0.05, 0.1) is 23.3 Å². The fourth-order valence-electron chi connectivity index (χ4n) is 2.29. The zero-order valence-electron chi connectivity index (χ0n) is 10.2. The van der Waals surface area contributed by atoms with Crippen molar-refractivity contribution in [3.63, 3.8) is 0 Å². The Morgan fingerprint density at radius 1 is 1.33 bits per heavy atom. The van der Waals surface area contributed by atoms with Crippen LogP contribution >= 0.6 is 23.2 Å². The van der Waals surface area contributed by atoms with Gasteiger partial charge in [-0.3, -0.25) is 0 Å². The first-order valence-corrected chi connectivity index (χ1v) is 6.83. The predicted molar refractivity (Wildman–Crippen MR) is 73.6 cm³/mol. The van der Waals surface area contributed by atoms with Crippen molar-refractivity contribution in [3.8, 4) is 5.75 Å². The fourth-order valence-corrected chi connectivity index (χ4v) is 2.81. The molecule has 1 aliphatic heterocycles. The van der Waals surface area contributed by atoms with Gasteiger partial charge in [0.25, 0.3) is 0 Å². The molecule has 0 aliphatic carbocycles. The van der Waals surface area contributed by atoms with Crippen LogP contribution < -0.4 is 10.1 Å². The molecule has 1 aliphatic rings. The summed E-state index contributed by atoms with van der Waals surface area (Å²) in [7, 11) is 1.54. The number of methoxy groups -OCH3 is 1. The summed E-state index contributed by atoms with van der Waals surface area (Å²) in [6, 6.07) is 3.37. The molecule has 0 radical (unpaired) electrons. The SMILES string of the molecule is COc1cc(Cl)c(C(O)C2CCCCN2)cc1Cl. The highest BCUT2D eigenvalue weighted by Gasteiger charge is 2.25. The fraction of sp³-hybridized carbons (Fsp3) is 0.538. The van der Waals surface area contributed by atoms with Gasteiger partial charge in [0.15, 0.2) is 0 Å². The lowest BCUT2D eigenvalue weighted by molar-refractivity contribution is 0.114. The van der Waals surface area contributed by atoms with Gasteiger partial charge in [0, 0.05) is 17.7 Å². The summed E-state index contributed by atoms with van der Waals surface area (Å²) in [6.07, 6.45) is 2.58. The second-order valence-electron chi connectivity index (χ2n) is 4.51. The summed E-state index contributed by atoms with van der Waals surface area (Å²) in [4.78, 5) is 0. The highest BCUT2D eigenvalue weighted by Crippen LogP contribution is 2.36. The number of ether oxygens (including phenoxy) is 1. The second-order valence-corrected chi connectivity index (χ2v) is 5.32. The first-order valence-electron chi connectivity index (χ1n) is 6.08. The molecule has 0 saturated carbocycles. The quantitative estimate of drug-likeness (QED) is 0.898. The minimum atomic E-state index is -0.638. The van der Waals surface area contributed by atoms with Crippen LogP contribution in [-0.2, 0) is 0 Å². The number of aliphatic hydroxyl groups excluding tert-OH is 1. The normalized spacial score (nSPS) is 21.7. The largest absolute Gasteiger partial charge is 0.495 e. The molecule has 100 valence electrons. The molecule has 1 heterocycles. The monoisotopic (exact) mass is 289 g/mol. The van der Waals surface area contributed by atoms with Crippen LogP contribution in [0.3, 0.4) is 0 Å². The molecule has 1 aromatic rings. The number of piperidine rings is 1. The molecule has 3 nitrogen and oxygen atoms in total. The van der Waals surface area contributed by atoms with Gasteiger partial charge in [-0.05, 0) is 25.5 Å². The van der Waals surface area contributed by atoms with E-state index >= 15 is 0 Å². The number of nitrogens with one attached hydrogen (secondary N) is 1. The minimum Gasteiger partial charge on any atom is -0.495 e. The number of benzene rings is 1. The molecule has 1 saturated heterocycles. The third-order valence-corrected chi connectivity index (χ3v) is 3.94. The Hall–Kier alpha value is -0.480. The average Bonchev–Trinajstić information content (AvgIpc) is 2.41. The molecule has 0 spiro atoms. The third kappa shape index (κ3) is 2.91. The van der Waals surface area contributed by atoms with Gasteiger partial charge in [-0.25, -0.2) is 0 Å². The average molecular weight is 290 g/mol. The number of hydrogen-bond acceptors (Lipinski definition) is 3. The van der Waals surface area contributed by atoms with Gasteiger partial charge in [-0.1, -0.05) is 29.6 Å². The van der Waals surface area contributed by atoms with E-state index in [9.17, 15) is 5.11 Å². The Balaban J connectivity index is 2.23. The van der Waals surface area contributed by atoms with Crippen LogP contribution in [-0.4, -0.2) is 24.8 Å².